The molecule has 0 saturated heterocycles. The lowest BCUT2D eigenvalue weighted by atomic mass is 9.47. The minimum absolute atomic E-state index is 0.461. The molecule has 3 rings (SSSR count). The number of allylic oxidation sites excluding steroid dienone is 2. The summed E-state index contributed by atoms with van der Waals surface area (Å²) in [5.74, 6) is 1.49. The van der Waals surface area contributed by atoms with Crippen LogP contribution >= 0.6 is 0 Å². The van der Waals surface area contributed by atoms with E-state index in [9.17, 15) is 0 Å². The molecule has 2 bridgehead atoms. The van der Waals surface area contributed by atoms with E-state index in [2.05, 4.69) is 33.1 Å². The average molecular weight is 164 g/mol. The zero-order chi connectivity index (χ0) is 9.09. The summed E-state index contributed by atoms with van der Waals surface area (Å²) in [6, 6.07) is 0. The Labute approximate surface area is 74.3 Å². The van der Waals surface area contributed by atoms with E-state index >= 15 is 0 Å². The minimum atomic E-state index is 0.461. The van der Waals surface area contributed by atoms with E-state index in [1.807, 2.05) is 0 Å². The lowest BCUT2D eigenvalue weighted by Gasteiger charge is -2.56. The summed E-state index contributed by atoms with van der Waals surface area (Å²) in [5, 5.41) is 0. The first-order valence-electron chi connectivity index (χ1n) is 4.68. The SMILES string of the molecule is C=C1C([NH3+])=C(C)[C@H]2CC1C2(C)C. The first-order valence-corrected chi connectivity index (χ1v) is 4.68. The van der Waals surface area contributed by atoms with Crippen LogP contribution in [0.2, 0.25) is 0 Å². The molecule has 1 unspecified atom stereocenters. The second-order valence-electron chi connectivity index (χ2n) is 4.85. The molecule has 1 nitrogen and oxygen atoms in total. The van der Waals surface area contributed by atoms with Crippen LogP contribution in [0.15, 0.2) is 23.4 Å². The molecule has 0 aromatic rings. The molecule has 0 aromatic carbocycles. The highest BCUT2D eigenvalue weighted by molar-refractivity contribution is 5.41. The monoisotopic (exact) mass is 164 g/mol. The highest BCUT2D eigenvalue weighted by Crippen LogP contribution is 2.61. The largest absolute Gasteiger partial charge is 0.325 e. The van der Waals surface area contributed by atoms with Gasteiger partial charge in [0, 0.05) is 5.57 Å². The van der Waals surface area contributed by atoms with Crippen molar-refractivity contribution in [2.24, 2.45) is 17.3 Å². The molecule has 3 aliphatic rings. The van der Waals surface area contributed by atoms with Crippen molar-refractivity contribution < 1.29 is 5.73 Å². The van der Waals surface area contributed by atoms with Crippen molar-refractivity contribution in [3.63, 3.8) is 0 Å². The molecule has 1 fully saturated rings. The van der Waals surface area contributed by atoms with E-state index in [1.165, 1.54) is 23.3 Å². The molecular weight excluding hydrogens is 146 g/mol. The molecular formula is C11H18N+. The Morgan fingerprint density at radius 1 is 1.42 bits per heavy atom. The van der Waals surface area contributed by atoms with Gasteiger partial charge in [-0.3, -0.25) is 0 Å². The second-order valence-corrected chi connectivity index (χ2v) is 4.85. The molecule has 2 atom stereocenters. The molecule has 1 heteroatoms. The normalized spacial score (nSPS) is 38.2. The van der Waals surface area contributed by atoms with E-state index in [-0.39, 0.29) is 0 Å². The third-order valence-electron chi connectivity index (χ3n) is 4.07. The minimum Gasteiger partial charge on any atom is -0.325 e. The zero-order valence-electron chi connectivity index (χ0n) is 8.28. The molecule has 0 radical (unpaired) electrons. The molecule has 12 heavy (non-hydrogen) atoms. The number of hydrogen-bond acceptors (Lipinski definition) is 0. The average Bonchev–Trinajstić information content (AvgIpc) is 1.98. The van der Waals surface area contributed by atoms with Crippen molar-refractivity contribution in [2.75, 3.05) is 0 Å². The third-order valence-corrected chi connectivity index (χ3v) is 4.07. The maximum Gasteiger partial charge on any atom is 0.130 e. The summed E-state index contributed by atoms with van der Waals surface area (Å²) in [7, 11) is 0. The van der Waals surface area contributed by atoms with E-state index in [1.54, 1.807) is 0 Å². The zero-order valence-corrected chi connectivity index (χ0v) is 8.28. The van der Waals surface area contributed by atoms with Crippen molar-refractivity contribution in [3.05, 3.63) is 23.4 Å². The Kier molecular flexibility index (Phi) is 1.36. The van der Waals surface area contributed by atoms with Gasteiger partial charge < -0.3 is 5.73 Å². The molecule has 0 spiro atoms. The van der Waals surface area contributed by atoms with E-state index in [0.717, 1.165) is 5.92 Å². The molecule has 0 aromatic heterocycles. The number of fused-ring (bicyclic) bond motifs is 1. The van der Waals surface area contributed by atoms with E-state index in [0.29, 0.717) is 11.3 Å². The van der Waals surface area contributed by atoms with Crippen LogP contribution in [0.25, 0.3) is 0 Å². The number of quaternary nitrogens is 1. The van der Waals surface area contributed by atoms with Gasteiger partial charge in [0.25, 0.3) is 0 Å². The van der Waals surface area contributed by atoms with Gasteiger partial charge in [0.15, 0.2) is 0 Å². The van der Waals surface area contributed by atoms with Crippen molar-refractivity contribution in [1.29, 1.82) is 0 Å². The maximum absolute atomic E-state index is 4.14. The molecule has 0 amide bonds. The van der Waals surface area contributed by atoms with E-state index < -0.39 is 0 Å². The highest BCUT2D eigenvalue weighted by atomic mass is 14.7. The molecule has 66 valence electrons. The van der Waals surface area contributed by atoms with Gasteiger partial charge >= 0.3 is 0 Å². The Hall–Kier alpha value is -0.560. The van der Waals surface area contributed by atoms with Gasteiger partial charge in [-0.25, -0.2) is 0 Å². The number of hydrogen-bond donors (Lipinski definition) is 1. The van der Waals surface area contributed by atoms with Crippen molar-refractivity contribution >= 4 is 0 Å². The predicted octanol–water partition coefficient (Wildman–Crippen LogP) is 1.73. The lowest BCUT2D eigenvalue weighted by Crippen LogP contribution is -2.59. The lowest BCUT2D eigenvalue weighted by molar-refractivity contribution is -0.307. The van der Waals surface area contributed by atoms with Crippen LogP contribution in [0.5, 0.6) is 0 Å². The van der Waals surface area contributed by atoms with Crippen LogP contribution in [-0.4, -0.2) is 0 Å². The Morgan fingerprint density at radius 2 is 2.00 bits per heavy atom. The van der Waals surface area contributed by atoms with Crippen molar-refractivity contribution in [3.8, 4) is 0 Å². The standard InChI is InChI=1S/C11H17N/c1-6-8-5-9(11(8,3)4)7(2)10(6)12/h8-9H,1,5,12H2,2-4H3/p+1/t8?,9-/m1/s1. The van der Waals surface area contributed by atoms with E-state index in [4.69, 9.17) is 0 Å². The fraction of sp³-hybridized carbons (Fsp3) is 0.636. The first kappa shape index (κ1) is 8.06. The van der Waals surface area contributed by atoms with Gasteiger partial charge in [-0.1, -0.05) is 20.4 Å². The first-order chi connectivity index (χ1) is 5.46. The second kappa shape index (κ2) is 2.02. The van der Waals surface area contributed by atoms with Gasteiger partial charge in [0.05, 0.1) is 0 Å². The fourth-order valence-corrected chi connectivity index (χ4v) is 2.93. The summed E-state index contributed by atoms with van der Waals surface area (Å²) < 4.78 is 0. The van der Waals surface area contributed by atoms with Crippen molar-refractivity contribution in [2.45, 2.75) is 27.2 Å². The summed E-state index contributed by atoms with van der Waals surface area (Å²) in [6.45, 7) is 11.1. The molecule has 3 N–H and O–H groups in total. The molecule has 3 aliphatic carbocycles. The Bertz CT molecular complexity index is 283. The van der Waals surface area contributed by atoms with Gasteiger partial charge in [-0.15, -0.1) is 0 Å². The van der Waals surface area contributed by atoms with Crippen LogP contribution < -0.4 is 5.73 Å². The topological polar surface area (TPSA) is 27.6 Å². The fourth-order valence-electron chi connectivity index (χ4n) is 2.93. The van der Waals surface area contributed by atoms with Gasteiger partial charge in [-0.05, 0) is 36.2 Å². The summed E-state index contributed by atoms with van der Waals surface area (Å²) in [6.07, 6.45) is 1.32. The summed E-state index contributed by atoms with van der Waals surface area (Å²) in [5.41, 5.74) is 8.55. The van der Waals surface area contributed by atoms with Crippen molar-refractivity contribution in [1.82, 2.24) is 0 Å². The van der Waals surface area contributed by atoms with Gasteiger partial charge in [-0.2, -0.15) is 0 Å². The van der Waals surface area contributed by atoms with Gasteiger partial charge in [0.1, 0.15) is 5.70 Å². The molecule has 0 aliphatic heterocycles. The molecule has 1 saturated carbocycles. The number of rotatable bonds is 0. The highest BCUT2D eigenvalue weighted by Gasteiger charge is 2.54. The maximum atomic E-state index is 4.14. The van der Waals surface area contributed by atoms with Crippen LogP contribution in [0.3, 0.4) is 0 Å². The van der Waals surface area contributed by atoms with Crippen LogP contribution in [-0.2, 0) is 0 Å². The quantitative estimate of drug-likeness (QED) is 0.565. The molecule has 0 heterocycles. The van der Waals surface area contributed by atoms with Crippen LogP contribution in [0.1, 0.15) is 27.2 Å². The Balaban J connectivity index is 2.48. The summed E-state index contributed by atoms with van der Waals surface area (Å²) >= 11 is 0. The summed E-state index contributed by atoms with van der Waals surface area (Å²) in [4.78, 5) is 0. The Morgan fingerprint density at radius 3 is 2.42 bits per heavy atom. The smallest absolute Gasteiger partial charge is 0.130 e. The van der Waals surface area contributed by atoms with Crippen LogP contribution in [0, 0.1) is 17.3 Å². The van der Waals surface area contributed by atoms with Crippen LogP contribution in [0.4, 0.5) is 0 Å². The third kappa shape index (κ3) is 0.680. The predicted molar refractivity (Wildman–Crippen MR) is 50.1 cm³/mol. The van der Waals surface area contributed by atoms with Gasteiger partial charge in [0.2, 0.25) is 0 Å².